The van der Waals surface area contributed by atoms with Gasteiger partial charge in [-0.15, -0.1) is 0 Å². The van der Waals surface area contributed by atoms with Gasteiger partial charge in [0.25, 0.3) is 0 Å². The molecule has 0 aliphatic rings. The molecule has 0 aliphatic carbocycles. The Bertz CT molecular complexity index is 709. The molecule has 1 radical (unpaired) electrons. The van der Waals surface area contributed by atoms with E-state index in [-0.39, 0.29) is 0 Å². The number of amides is 1. The van der Waals surface area contributed by atoms with Crippen LogP contribution >= 0.6 is 0 Å². The minimum absolute atomic E-state index is 0.410. The number of rotatable bonds is 4. The van der Waals surface area contributed by atoms with Crippen molar-refractivity contribution in [3.63, 3.8) is 0 Å². The summed E-state index contributed by atoms with van der Waals surface area (Å²) in [4.78, 5) is 11.2. The van der Waals surface area contributed by atoms with E-state index in [1.54, 1.807) is 12.1 Å². The fraction of sp³-hybridized carbons (Fsp3) is 0. The van der Waals surface area contributed by atoms with Crippen molar-refractivity contribution >= 4 is 5.91 Å². The second-order valence-corrected chi connectivity index (χ2v) is 5.05. The second-order valence-electron chi connectivity index (χ2n) is 5.05. The van der Waals surface area contributed by atoms with Crippen molar-refractivity contribution in [3.8, 4) is 0 Å². The fourth-order valence-electron chi connectivity index (χ4n) is 2.51. The van der Waals surface area contributed by atoms with Gasteiger partial charge in [-0.3, -0.25) is 4.79 Å². The molecule has 3 aromatic carbocycles. The molecule has 0 heterocycles. The summed E-state index contributed by atoms with van der Waals surface area (Å²) in [5.74, 6) is 0.727. The number of benzene rings is 3. The van der Waals surface area contributed by atoms with Crippen LogP contribution < -0.4 is 5.73 Å². The molecule has 2 nitrogen and oxygen atoms in total. The van der Waals surface area contributed by atoms with E-state index in [1.807, 2.05) is 48.5 Å². The molecule has 1 amide bonds. The van der Waals surface area contributed by atoms with Crippen LogP contribution in [0, 0.1) is 5.92 Å². The Morgan fingerprint density at radius 3 is 1.32 bits per heavy atom. The van der Waals surface area contributed by atoms with Crippen LogP contribution in [0.3, 0.4) is 0 Å². The van der Waals surface area contributed by atoms with E-state index >= 15 is 0 Å². The van der Waals surface area contributed by atoms with Crippen molar-refractivity contribution in [2.24, 2.45) is 5.73 Å². The smallest absolute Gasteiger partial charge is 0.248 e. The molecular weight excluding hydrogens is 270 g/mol. The Labute approximate surface area is 130 Å². The Morgan fingerprint density at radius 1 is 0.545 bits per heavy atom. The first-order chi connectivity index (χ1) is 10.8. The average Bonchev–Trinajstić information content (AvgIpc) is 2.57. The second kappa shape index (κ2) is 6.27. The highest BCUT2D eigenvalue weighted by atomic mass is 16.1. The number of hydrogen-bond acceptors (Lipinski definition) is 1. The van der Waals surface area contributed by atoms with Gasteiger partial charge in [0, 0.05) is 5.56 Å². The minimum Gasteiger partial charge on any atom is -0.366 e. The predicted molar refractivity (Wildman–Crippen MR) is 88.4 cm³/mol. The maximum absolute atomic E-state index is 11.2. The first-order valence-corrected chi connectivity index (χ1v) is 7.14. The Balaban J connectivity index is 2.08. The van der Waals surface area contributed by atoms with E-state index in [4.69, 9.17) is 5.73 Å². The van der Waals surface area contributed by atoms with Gasteiger partial charge in [-0.2, -0.15) is 0 Å². The topological polar surface area (TPSA) is 43.1 Å². The van der Waals surface area contributed by atoms with Crippen LogP contribution in [0.4, 0.5) is 0 Å². The molecule has 0 bridgehead atoms. The van der Waals surface area contributed by atoms with Crippen LogP contribution in [0.5, 0.6) is 0 Å². The molecule has 0 saturated carbocycles. The van der Waals surface area contributed by atoms with Crippen molar-refractivity contribution in [1.29, 1.82) is 0 Å². The molecule has 2 heteroatoms. The van der Waals surface area contributed by atoms with Crippen LogP contribution in [0.2, 0.25) is 0 Å². The molecule has 3 rings (SSSR count). The number of carbonyl (C=O) groups excluding carboxylic acids is 1. The monoisotopic (exact) mass is 286 g/mol. The van der Waals surface area contributed by atoms with Gasteiger partial charge in [-0.25, -0.2) is 0 Å². The number of carbonyl (C=O) groups is 1. The molecule has 0 saturated heterocycles. The zero-order valence-corrected chi connectivity index (χ0v) is 12.1. The molecule has 107 valence electrons. The molecule has 0 aliphatic heterocycles. The first-order valence-electron chi connectivity index (χ1n) is 7.14. The molecule has 0 spiro atoms. The highest BCUT2D eigenvalue weighted by molar-refractivity contribution is 5.92. The largest absolute Gasteiger partial charge is 0.366 e. The van der Waals surface area contributed by atoms with Gasteiger partial charge in [0.1, 0.15) is 0 Å². The molecule has 0 unspecified atom stereocenters. The van der Waals surface area contributed by atoms with E-state index in [9.17, 15) is 4.79 Å². The maximum atomic E-state index is 11.2. The average molecular weight is 286 g/mol. The summed E-state index contributed by atoms with van der Waals surface area (Å²) < 4.78 is 0. The van der Waals surface area contributed by atoms with E-state index in [1.165, 1.54) is 0 Å². The lowest BCUT2D eigenvalue weighted by molar-refractivity contribution is 0.100. The molecule has 22 heavy (non-hydrogen) atoms. The van der Waals surface area contributed by atoms with Gasteiger partial charge >= 0.3 is 0 Å². The lowest BCUT2D eigenvalue weighted by atomic mass is 9.85. The van der Waals surface area contributed by atoms with Crippen LogP contribution in [0.25, 0.3) is 0 Å². The maximum Gasteiger partial charge on any atom is 0.248 e. The summed E-state index contributed by atoms with van der Waals surface area (Å²) in [5, 5.41) is 0. The SMILES string of the molecule is NC(=O)c1ccc([C](c2ccccc2)c2ccccc2)cc1. The highest BCUT2D eigenvalue weighted by Crippen LogP contribution is 2.30. The Kier molecular flexibility index (Phi) is 4.01. The summed E-state index contributed by atoms with van der Waals surface area (Å²) in [5.41, 5.74) is 9.17. The lowest BCUT2D eigenvalue weighted by Crippen LogP contribution is -2.11. The summed E-state index contributed by atoms with van der Waals surface area (Å²) in [6.45, 7) is 0. The fourth-order valence-corrected chi connectivity index (χ4v) is 2.51. The number of primary amides is 1. The van der Waals surface area contributed by atoms with E-state index in [2.05, 4.69) is 24.3 Å². The summed E-state index contributed by atoms with van der Waals surface area (Å²) in [6.07, 6.45) is 0. The Hall–Kier alpha value is -2.87. The molecule has 0 aromatic heterocycles. The number of hydrogen-bond donors (Lipinski definition) is 1. The highest BCUT2D eigenvalue weighted by Gasteiger charge is 2.17. The van der Waals surface area contributed by atoms with Crippen molar-refractivity contribution in [2.75, 3.05) is 0 Å². The van der Waals surface area contributed by atoms with Gasteiger partial charge in [0.15, 0.2) is 0 Å². The molecule has 2 N–H and O–H groups in total. The molecule has 0 fully saturated rings. The third kappa shape index (κ3) is 2.91. The summed E-state index contributed by atoms with van der Waals surface area (Å²) >= 11 is 0. The standard InChI is InChI=1S/C20H16NO/c21-20(22)18-13-11-17(12-14-18)19(15-7-3-1-4-8-15)16-9-5-2-6-10-16/h1-14H,(H2,21,22). The van der Waals surface area contributed by atoms with Crippen molar-refractivity contribution in [1.82, 2.24) is 0 Å². The minimum atomic E-state index is -0.410. The van der Waals surface area contributed by atoms with Crippen LogP contribution in [-0.2, 0) is 0 Å². The third-order valence-corrected chi connectivity index (χ3v) is 3.58. The van der Waals surface area contributed by atoms with Crippen LogP contribution in [-0.4, -0.2) is 5.91 Å². The zero-order valence-electron chi connectivity index (χ0n) is 12.1. The van der Waals surface area contributed by atoms with Crippen LogP contribution in [0.15, 0.2) is 84.9 Å². The first kappa shape index (κ1) is 14.1. The molecule has 3 aromatic rings. The lowest BCUT2D eigenvalue weighted by Gasteiger charge is -2.18. The predicted octanol–water partition coefficient (Wildman–Crippen LogP) is 3.80. The van der Waals surface area contributed by atoms with Gasteiger partial charge in [-0.1, -0.05) is 72.8 Å². The third-order valence-electron chi connectivity index (χ3n) is 3.58. The van der Waals surface area contributed by atoms with E-state index in [0.717, 1.165) is 22.6 Å². The number of nitrogens with two attached hydrogens (primary N) is 1. The van der Waals surface area contributed by atoms with Gasteiger partial charge in [0.2, 0.25) is 5.91 Å². The van der Waals surface area contributed by atoms with Crippen molar-refractivity contribution in [2.45, 2.75) is 0 Å². The van der Waals surface area contributed by atoms with Crippen LogP contribution in [0.1, 0.15) is 27.0 Å². The van der Waals surface area contributed by atoms with E-state index in [0.29, 0.717) is 5.56 Å². The van der Waals surface area contributed by atoms with Crippen molar-refractivity contribution < 1.29 is 4.79 Å². The van der Waals surface area contributed by atoms with Gasteiger partial charge < -0.3 is 5.73 Å². The Morgan fingerprint density at radius 2 is 0.909 bits per heavy atom. The zero-order chi connectivity index (χ0) is 15.4. The normalized spacial score (nSPS) is 10.6. The van der Waals surface area contributed by atoms with Gasteiger partial charge in [-0.05, 0) is 28.8 Å². The van der Waals surface area contributed by atoms with E-state index < -0.39 is 5.91 Å². The molecule has 0 atom stereocenters. The summed E-state index contributed by atoms with van der Waals surface area (Å²) in [7, 11) is 0. The van der Waals surface area contributed by atoms with Crippen molar-refractivity contribution in [3.05, 3.63) is 113 Å². The van der Waals surface area contributed by atoms with Gasteiger partial charge in [0.05, 0.1) is 5.92 Å². The summed E-state index contributed by atoms with van der Waals surface area (Å²) in [6, 6.07) is 27.9. The quantitative estimate of drug-likeness (QED) is 0.728. The molecular formula is C20H16NO.